The van der Waals surface area contributed by atoms with Gasteiger partial charge in [0.15, 0.2) is 11.5 Å². The highest BCUT2D eigenvalue weighted by atomic mass is 35.5. The van der Waals surface area contributed by atoms with Crippen LogP contribution in [0.3, 0.4) is 0 Å². The first-order valence-electron chi connectivity index (χ1n) is 9.30. The zero-order chi connectivity index (χ0) is 20.1. The summed E-state index contributed by atoms with van der Waals surface area (Å²) in [7, 11) is 0. The molecule has 6 nitrogen and oxygen atoms in total. The molecular weight excluding hydrogens is 380 g/mol. The molecule has 2 N–H and O–H groups in total. The lowest BCUT2D eigenvalue weighted by Crippen LogP contribution is -2.41. The van der Waals surface area contributed by atoms with E-state index in [1.54, 1.807) is 11.8 Å². The maximum absolute atomic E-state index is 12.8. The maximum atomic E-state index is 12.8. The molecule has 1 fully saturated rings. The van der Waals surface area contributed by atoms with Gasteiger partial charge in [-0.1, -0.05) is 29.8 Å². The van der Waals surface area contributed by atoms with Crippen molar-refractivity contribution in [3.8, 4) is 11.5 Å². The topological polar surface area (TPSA) is 78.9 Å². The second-order valence-electron chi connectivity index (χ2n) is 6.66. The highest BCUT2D eigenvalue weighted by Crippen LogP contribution is 2.36. The Balaban J connectivity index is 1.61. The molecule has 0 saturated carbocycles. The molecule has 1 aliphatic rings. The summed E-state index contributed by atoms with van der Waals surface area (Å²) in [5.41, 5.74) is 1.13. The van der Waals surface area contributed by atoms with Crippen molar-refractivity contribution < 1.29 is 19.4 Å². The fraction of sp³-hybridized carbons (Fsp3) is 0.333. The molecule has 0 unspecified atom stereocenters. The molecule has 148 valence electrons. The second-order valence-corrected chi connectivity index (χ2v) is 7.07. The molecule has 0 bridgehead atoms. The van der Waals surface area contributed by atoms with Crippen molar-refractivity contribution in [1.82, 2.24) is 4.90 Å². The van der Waals surface area contributed by atoms with Crippen LogP contribution >= 0.6 is 11.6 Å². The van der Waals surface area contributed by atoms with Crippen LogP contribution < -0.4 is 10.1 Å². The highest BCUT2D eigenvalue weighted by molar-refractivity contribution is 6.32. The largest absolute Gasteiger partial charge is 0.503 e. The van der Waals surface area contributed by atoms with Gasteiger partial charge in [0.2, 0.25) is 5.91 Å². The van der Waals surface area contributed by atoms with E-state index >= 15 is 0 Å². The van der Waals surface area contributed by atoms with Crippen LogP contribution in [0.25, 0.3) is 0 Å². The average molecular weight is 403 g/mol. The van der Waals surface area contributed by atoms with E-state index in [0.29, 0.717) is 38.1 Å². The number of hydrogen-bond donors (Lipinski definition) is 2. The summed E-state index contributed by atoms with van der Waals surface area (Å²) in [6, 6.07) is 12.3. The number of anilines is 1. The van der Waals surface area contributed by atoms with E-state index in [0.717, 1.165) is 5.69 Å². The first-order chi connectivity index (χ1) is 13.5. The van der Waals surface area contributed by atoms with Gasteiger partial charge in [-0.25, -0.2) is 0 Å². The second kappa shape index (κ2) is 8.97. The van der Waals surface area contributed by atoms with E-state index in [-0.39, 0.29) is 34.3 Å². The Labute approximate surface area is 169 Å². The molecule has 2 aromatic rings. The van der Waals surface area contributed by atoms with E-state index in [1.807, 2.05) is 30.3 Å². The molecule has 0 radical (unpaired) electrons. The minimum Gasteiger partial charge on any atom is -0.503 e. The van der Waals surface area contributed by atoms with Crippen molar-refractivity contribution in [3.63, 3.8) is 0 Å². The highest BCUT2D eigenvalue weighted by Gasteiger charge is 2.28. The number of carbonyl (C=O) groups is 2. The molecule has 7 heteroatoms. The number of piperidine rings is 1. The van der Waals surface area contributed by atoms with E-state index in [9.17, 15) is 14.7 Å². The Morgan fingerprint density at radius 2 is 1.89 bits per heavy atom. The molecular formula is C21H23ClN2O4. The molecule has 0 atom stereocenters. The summed E-state index contributed by atoms with van der Waals surface area (Å²) in [6.07, 6.45) is 1.18. The first kappa shape index (κ1) is 20.0. The third kappa shape index (κ3) is 4.57. The van der Waals surface area contributed by atoms with E-state index < -0.39 is 0 Å². The van der Waals surface area contributed by atoms with Crippen LogP contribution in [0.2, 0.25) is 5.02 Å². The minimum atomic E-state index is -0.190. The van der Waals surface area contributed by atoms with E-state index in [2.05, 4.69) is 5.32 Å². The maximum Gasteiger partial charge on any atom is 0.254 e. The first-order valence-corrected chi connectivity index (χ1v) is 9.68. The molecule has 0 spiro atoms. The third-order valence-corrected chi connectivity index (χ3v) is 5.06. The molecule has 1 aliphatic heterocycles. The van der Waals surface area contributed by atoms with Gasteiger partial charge in [0, 0.05) is 30.3 Å². The summed E-state index contributed by atoms with van der Waals surface area (Å²) in [5, 5.41) is 12.9. The number of para-hydroxylation sites is 1. The van der Waals surface area contributed by atoms with Crippen molar-refractivity contribution in [2.75, 3.05) is 25.0 Å². The Kier molecular flexibility index (Phi) is 6.41. The number of amides is 2. The lowest BCUT2D eigenvalue weighted by molar-refractivity contribution is -0.121. The number of hydrogen-bond acceptors (Lipinski definition) is 4. The molecule has 0 aliphatic carbocycles. The number of carbonyl (C=O) groups excluding carboxylic acids is 2. The van der Waals surface area contributed by atoms with Gasteiger partial charge in [0.05, 0.1) is 11.6 Å². The van der Waals surface area contributed by atoms with Gasteiger partial charge in [-0.2, -0.15) is 0 Å². The van der Waals surface area contributed by atoms with Crippen LogP contribution in [0.1, 0.15) is 30.1 Å². The van der Waals surface area contributed by atoms with Crippen LogP contribution in [0, 0.1) is 5.92 Å². The summed E-state index contributed by atoms with van der Waals surface area (Å²) in [5.74, 6) is -0.326. The van der Waals surface area contributed by atoms with Crippen LogP contribution in [0.5, 0.6) is 11.5 Å². The van der Waals surface area contributed by atoms with Gasteiger partial charge in [-0.05, 0) is 44.0 Å². The van der Waals surface area contributed by atoms with Gasteiger partial charge >= 0.3 is 0 Å². The number of benzene rings is 2. The van der Waals surface area contributed by atoms with Crippen molar-refractivity contribution in [2.24, 2.45) is 5.92 Å². The van der Waals surface area contributed by atoms with Crippen LogP contribution in [-0.2, 0) is 4.79 Å². The van der Waals surface area contributed by atoms with E-state index in [4.69, 9.17) is 16.3 Å². The number of phenols is 1. The summed E-state index contributed by atoms with van der Waals surface area (Å²) in [4.78, 5) is 27.0. The Bertz CT molecular complexity index is 849. The number of ether oxygens (including phenoxy) is 1. The molecule has 1 saturated heterocycles. The minimum absolute atomic E-state index is 0.0235. The number of phenolic OH excluding ortho intramolecular Hbond substituents is 1. The number of halogens is 1. The number of likely N-dealkylation sites (tertiary alicyclic amines) is 1. The van der Waals surface area contributed by atoms with Gasteiger partial charge < -0.3 is 20.1 Å². The average Bonchev–Trinajstić information content (AvgIpc) is 2.71. The summed E-state index contributed by atoms with van der Waals surface area (Å²) >= 11 is 6.03. The Hall–Kier alpha value is -2.73. The molecule has 2 amide bonds. The predicted molar refractivity (Wildman–Crippen MR) is 108 cm³/mol. The van der Waals surface area contributed by atoms with Crippen LogP contribution in [-0.4, -0.2) is 41.5 Å². The third-order valence-electron chi connectivity index (χ3n) is 4.77. The molecule has 2 aromatic carbocycles. The smallest absolute Gasteiger partial charge is 0.254 e. The summed E-state index contributed by atoms with van der Waals surface area (Å²) in [6.45, 7) is 3.10. The van der Waals surface area contributed by atoms with Gasteiger partial charge in [0.1, 0.15) is 0 Å². The number of rotatable bonds is 5. The molecule has 0 aromatic heterocycles. The van der Waals surface area contributed by atoms with Crippen LogP contribution in [0.4, 0.5) is 5.69 Å². The van der Waals surface area contributed by atoms with Gasteiger partial charge in [-0.3, -0.25) is 9.59 Å². The Morgan fingerprint density at radius 3 is 2.54 bits per heavy atom. The zero-order valence-corrected chi connectivity index (χ0v) is 16.4. The molecule has 3 rings (SSSR count). The number of nitrogens with one attached hydrogen (secondary N) is 1. The fourth-order valence-electron chi connectivity index (χ4n) is 3.26. The number of aromatic hydroxyl groups is 1. The van der Waals surface area contributed by atoms with Crippen molar-refractivity contribution in [3.05, 3.63) is 53.1 Å². The monoisotopic (exact) mass is 402 g/mol. The number of nitrogens with zero attached hydrogens (tertiary/aromatic N) is 1. The zero-order valence-electron chi connectivity index (χ0n) is 15.7. The van der Waals surface area contributed by atoms with Gasteiger partial charge in [0.25, 0.3) is 5.91 Å². The predicted octanol–water partition coefficient (Wildman–Crippen LogP) is 3.94. The standard InChI is InChI=1S/C21H23ClN2O4/c1-2-28-18-13-15(12-17(22)19(18)25)21(27)24-10-8-14(9-11-24)20(26)23-16-6-4-3-5-7-16/h3-7,12-14,25H,2,8-11H2,1H3,(H,23,26). The fourth-order valence-corrected chi connectivity index (χ4v) is 3.47. The van der Waals surface area contributed by atoms with Crippen molar-refractivity contribution in [1.29, 1.82) is 0 Å². The molecule has 28 heavy (non-hydrogen) atoms. The SMILES string of the molecule is CCOc1cc(C(=O)N2CCC(C(=O)Nc3ccccc3)CC2)cc(Cl)c1O. The Morgan fingerprint density at radius 1 is 1.21 bits per heavy atom. The van der Waals surface area contributed by atoms with Gasteiger partial charge in [-0.15, -0.1) is 0 Å². The lowest BCUT2D eigenvalue weighted by atomic mass is 9.95. The van der Waals surface area contributed by atoms with Crippen LogP contribution in [0.15, 0.2) is 42.5 Å². The normalized spacial score (nSPS) is 14.6. The quantitative estimate of drug-likeness (QED) is 0.794. The van der Waals surface area contributed by atoms with Crippen molar-refractivity contribution >= 4 is 29.1 Å². The van der Waals surface area contributed by atoms with E-state index in [1.165, 1.54) is 12.1 Å². The van der Waals surface area contributed by atoms with Crippen molar-refractivity contribution in [2.45, 2.75) is 19.8 Å². The lowest BCUT2D eigenvalue weighted by Gasteiger charge is -2.31. The summed E-state index contributed by atoms with van der Waals surface area (Å²) < 4.78 is 5.34. The molecule has 1 heterocycles.